The lowest BCUT2D eigenvalue weighted by Crippen LogP contribution is -2.15. The third kappa shape index (κ3) is 2.91. The standard InChI is InChI=1S/C10H10N6S/c11-9(17)8-3-5-14-16-10(8)12-6-7-2-1-4-13-15-7/h1-5H,6H2,(H2,11,17)(H,12,16). The van der Waals surface area contributed by atoms with E-state index < -0.39 is 0 Å². The van der Waals surface area contributed by atoms with E-state index >= 15 is 0 Å². The quantitative estimate of drug-likeness (QED) is 0.760. The van der Waals surface area contributed by atoms with Crippen LogP contribution in [0, 0.1) is 0 Å². The van der Waals surface area contributed by atoms with Crippen molar-refractivity contribution in [3.05, 3.63) is 41.9 Å². The molecule has 0 aliphatic heterocycles. The van der Waals surface area contributed by atoms with Crippen molar-refractivity contribution in [2.24, 2.45) is 5.73 Å². The van der Waals surface area contributed by atoms with Gasteiger partial charge in [-0.2, -0.15) is 15.3 Å². The first-order valence-electron chi connectivity index (χ1n) is 4.89. The molecular weight excluding hydrogens is 236 g/mol. The van der Waals surface area contributed by atoms with Gasteiger partial charge < -0.3 is 11.1 Å². The van der Waals surface area contributed by atoms with E-state index in [1.54, 1.807) is 18.5 Å². The Balaban J connectivity index is 2.12. The Morgan fingerprint density at radius 3 is 2.76 bits per heavy atom. The van der Waals surface area contributed by atoms with Crippen LogP contribution in [-0.2, 0) is 6.54 Å². The molecule has 0 aliphatic rings. The largest absolute Gasteiger partial charge is 0.389 e. The Morgan fingerprint density at radius 1 is 1.24 bits per heavy atom. The zero-order chi connectivity index (χ0) is 12.1. The van der Waals surface area contributed by atoms with Crippen molar-refractivity contribution >= 4 is 23.0 Å². The number of nitrogens with one attached hydrogen (secondary N) is 1. The Kier molecular flexibility index (Phi) is 3.51. The maximum atomic E-state index is 5.58. The summed E-state index contributed by atoms with van der Waals surface area (Å²) in [5.41, 5.74) is 7.04. The molecule has 0 spiro atoms. The van der Waals surface area contributed by atoms with Crippen LogP contribution in [0.1, 0.15) is 11.3 Å². The maximum absolute atomic E-state index is 5.58. The molecule has 2 rings (SSSR count). The monoisotopic (exact) mass is 246 g/mol. The second-order valence-corrected chi connectivity index (χ2v) is 3.67. The molecule has 3 N–H and O–H groups in total. The van der Waals surface area contributed by atoms with Crippen LogP contribution >= 0.6 is 12.2 Å². The molecule has 6 nitrogen and oxygen atoms in total. The van der Waals surface area contributed by atoms with Crippen LogP contribution in [0.3, 0.4) is 0 Å². The summed E-state index contributed by atoms with van der Waals surface area (Å²) in [6, 6.07) is 5.39. The SMILES string of the molecule is NC(=S)c1ccnnc1NCc1cccnn1. The summed E-state index contributed by atoms with van der Waals surface area (Å²) in [5.74, 6) is 0.547. The lowest BCUT2D eigenvalue weighted by molar-refractivity contribution is 0.910. The zero-order valence-corrected chi connectivity index (χ0v) is 9.68. The lowest BCUT2D eigenvalue weighted by Gasteiger charge is -2.07. The van der Waals surface area contributed by atoms with Crippen LogP contribution < -0.4 is 11.1 Å². The van der Waals surface area contributed by atoms with E-state index in [2.05, 4.69) is 25.7 Å². The number of hydrogen-bond acceptors (Lipinski definition) is 6. The van der Waals surface area contributed by atoms with Crippen molar-refractivity contribution in [1.82, 2.24) is 20.4 Å². The van der Waals surface area contributed by atoms with Crippen molar-refractivity contribution < 1.29 is 0 Å². The van der Waals surface area contributed by atoms with Crippen molar-refractivity contribution in [1.29, 1.82) is 0 Å². The first-order chi connectivity index (χ1) is 8.27. The highest BCUT2D eigenvalue weighted by molar-refractivity contribution is 7.80. The number of rotatable bonds is 4. The average Bonchev–Trinajstić information content (AvgIpc) is 2.38. The minimum Gasteiger partial charge on any atom is -0.389 e. The molecule has 7 heteroatoms. The van der Waals surface area contributed by atoms with Crippen LogP contribution in [-0.4, -0.2) is 25.4 Å². The van der Waals surface area contributed by atoms with Crippen LogP contribution in [0.4, 0.5) is 5.82 Å². The Morgan fingerprint density at radius 2 is 2.06 bits per heavy atom. The highest BCUT2D eigenvalue weighted by atomic mass is 32.1. The zero-order valence-electron chi connectivity index (χ0n) is 8.87. The molecule has 0 saturated heterocycles. The molecule has 0 bridgehead atoms. The van der Waals surface area contributed by atoms with Crippen LogP contribution in [0.5, 0.6) is 0 Å². The Bertz CT molecular complexity index is 515. The predicted molar refractivity (Wildman–Crippen MR) is 67.3 cm³/mol. The van der Waals surface area contributed by atoms with Gasteiger partial charge in [0.05, 0.1) is 24.0 Å². The normalized spacial score (nSPS) is 9.88. The molecule has 86 valence electrons. The van der Waals surface area contributed by atoms with Crippen molar-refractivity contribution in [3.63, 3.8) is 0 Å². The van der Waals surface area contributed by atoms with Gasteiger partial charge in [-0.15, -0.1) is 5.10 Å². The van der Waals surface area contributed by atoms with Crippen LogP contribution in [0.25, 0.3) is 0 Å². The molecular formula is C10H10N6S. The number of anilines is 1. The first kappa shape index (κ1) is 11.3. The molecule has 2 aromatic heterocycles. The molecule has 0 aromatic carbocycles. The molecule has 0 aliphatic carbocycles. The predicted octanol–water partition coefficient (Wildman–Crippen LogP) is 0.513. The minimum absolute atomic E-state index is 0.279. The van der Waals surface area contributed by atoms with E-state index in [1.807, 2.05) is 12.1 Å². The van der Waals surface area contributed by atoms with Gasteiger partial charge in [-0.3, -0.25) is 0 Å². The highest BCUT2D eigenvalue weighted by Gasteiger charge is 2.06. The summed E-state index contributed by atoms with van der Waals surface area (Å²) in [5, 5.41) is 18.5. The summed E-state index contributed by atoms with van der Waals surface area (Å²) < 4.78 is 0. The summed E-state index contributed by atoms with van der Waals surface area (Å²) in [6.07, 6.45) is 3.16. The molecule has 17 heavy (non-hydrogen) atoms. The van der Waals surface area contributed by atoms with E-state index in [0.29, 0.717) is 17.9 Å². The van der Waals surface area contributed by atoms with Gasteiger partial charge in [0.1, 0.15) is 4.99 Å². The first-order valence-corrected chi connectivity index (χ1v) is 5.30. The average molecular weight is 246 g/mol. The van der Waals surface area contributed by atoms with Crippen molar-refractivity contribution in [3.8, 4) is 0 Å². The molecule has 0 unspecified atom stereocenters. The van der Waals surface area contributed by atoms with Gasteiger partial charge in [-0.05, 0) is 18.2 Å². The molecule has 0 atom stereocenters. The third-order valence-corrected chi connectivity index (χ3v) is 2.27. The number of nitrogens with zero attached hydrogens (tertiary/aromatic N) is 4. The summed E-state index contributed by atoms with van der Waals surface area (Å²) in [4.78, 5) is 0.279. The second-order valence-electron chi connectivity index (χ2n) is 3.23. The number of aromatic nitrogens is 4. The number of nitrogens with two attached hydrogens (primary N) is 1. The molecule has 0 saturated carbocycles. The Labute approximate surface area is 103 Å². The molecule has 0 radical (unpaired) electrons. The molecule has 0 amide bonds. The van der Waals surface area contributed by atoms with E-state index in [9.17, 15) is 0 Å². The van der Waals surface area contributed by atoms with Gasteiger partial charge in [0, 0.05) is 6.20 Å². The van der Waals surface area contributed by atoms with Gasteiger partial charge in [-0.1, -0.05) is 12.2 Å². The second kappa shape index (κ2) is 5.26. The third-order valence-electron chi connectivity index (χ3n) is 2.05. The summed E-state index contributed by atoms with van der Waals surface area (Å²) >= 11 is 4.92. The van der Waals surface area contributed by atoms with E-state index in [-0.39, 0.29) is 4.99 Å². The molecule has 2 aromatic rings. The van der Waals surface area contributed by atoms with Crippen molar-refractivity contribution in [2.45, 2.75) is 6.54 Å². The lowest BCUT2D eigenvalue weighted by atomic mass is 10.2. The number of hydrogen-bond donors (Lipinski definition) is 2. The molecule has 0 fully saturated rings. The van der Waals surface area contributed by atoms with Crippen molar-refractivity contribution in [2.75, 3.05) is 5.32 Å². The summed E-state index contributed by atoms with van der Waals surface area (Å²) in [7, 11) is 0. The fourth-order valence-corrected chi connectivity index (χ4v) is 1.43. The fraction of sp³-hybridized carbons (Fsp3) is 0.100. The summed E-state index contributed by atoms with van der Waals surface area (Å²) in [6.45, 7) is 0.488. The van der Waals surface area contributed by atoms with Gasteiger partial charge in [0.25, 0.3) is 0 Å². The topological polar surface area (TPSA) is 89.6 Å². The van der Waals surface area contributed by atoms with Gasteiger partial charge in [-0.25, -0.2) is 0 Å². The smallest absolute Gasteiger partial charge is 0.159 e. The minimum atomic E-state index is 0.279. The fourth-order valence-electron chi connectivity index (χ4n) is 1.26. The number of thiocarbonyl (C=S) groups is 1. The van der Waals surface area contributed by atoms with Crippen LogP contribution in [0.2, 0.25) is 0 Å². The maximum Gasteiger partial charge on any atom is 0.159 e. The van der Waals surface area contributed by atoms with Gasteiger partial charge in [0.15, 0.2) is 5.82 Å². The Hall–Kier alpha value is -2.15. The van der Waals surface area contributed by atoms with Gasteiger partial charge in [0.2, 0.25) is 0 Å². The van der Waals surface area contributed by atoms with E-state index in [0.717, 1.165) is 5.69 Å². The van der Waals surface area contributed by atoms with E-state index in [4.69, 9.17) is 18.0 Å². The van der Waals surface area contributed by atoms with E-state index in [1.165, 1.54) is 0 Å². The van der Waals surface area contributed by atoms with Crippen LogP contribution in [0.15, 0.2) is 30.6 Å². The molecule has 2 heterocycles. The van der Waals surface area contributed by atoms with Gasteiger partial charge >= 0.3 is 0 Å². The highest BCUT2D eigenvalue weighted by Crippen LogP contribution is 2.10.